The maximum atomic E-state index is 10.7. The van der Waals surface area contributed by atoms with Crippen LogP contribution < -0.4 is 0 Å². The van der Waals surface area contributed by atoms with Crippen LogP contribution in [0, 0.1) is 0 Å². The van der Waals surface area contributed by atoms with E-state index in [-0.39, 0.29) is 5.78 Å². The minimum Gasteiger partial charge on any atom is -0.501 e. The fourth-order valence-corrected chi connectivity index (χ4v) is 0.671. The Morgan fingerprint density at radius 3 is 3.20 bits per heavy atom. The smallest absolute Gasteiger partial charge is 0.166 e. The molecule has 1 heterocycles. The molecule has 0 saturated carbocycles. The number of carbonyl (C=O) groups excluding carboxylic acids is 1. The molecule has 0 saturated heterocycles. The van der Waals surface area contributed by atoms with Crippen LogP contribution >= 0.6 is 0 Å². The van der Waals surface area contributed by atoms with E-state index in [1.54, 1.807) is 0 Å². The first-order chi connectivity index (χ1) is 4.83. The number of carbonyl (C=O) groups is 1. The molecule has 0 aromatic carbocycles. The minimum absolute atomic E-state index is 0.0366. The summed E-state index contributed by atoms with van der Waals surface area (Å²) < 4.78 is 9.58. The maximum Gasteiger partial charge on any atom is 0.166 e. The molecule has 0 amide bonds. The van der Waals surface area contributed by atoms with E-state index in [9.17, 15) is 4.79 Å². The topological polar surface area (TPSA) is 35.5 Å². The predicted molar refractivity (Wildman–Crippen MR) is 34.9 cm³/mol. The van der Waals surface area contributed by atoms with Gasteiger partial charge in [0.2, 0.25) is 0 Å². The van der Waals surface area contributed by atoms with Gasteiger partial charge in [-0.3, -0.25) is 4.79 Å². The fourth-order valence-electron chi connectivity index (χ4n) is 0.671. The molecule has 1 aliphatic heterocycles. The average Bonchev–Trinajstić information content (AvgIpc) is 1.88. The van der Waals surface area contributed by atoms with Crippen molar-refractivity contribution in [3.63, 3.8) is 0 Å². The second kappa shape index (κ2) is 3.06. The summed E-state index contributed by atoms with van der Waals surface area (Å²) in [5.41, 5.74) is 0. The molecule has 0 unspecified atom stereocenters. The first kappa shape index (κ1) is 6.86. The van der Waals surface area contributed by atoms with Crippen LogP contribution in [-0.4, -0.2) is 12.9 Å². The van der Waals surface area contributed by atoms with E-state index >= 15 is 0 Å². The molecule has 0 fully saturated rings. The molecule has 3 heteroatoms. The highest BCUT2D eigenvalue weighted by molar-refractivity contribution is 5.91. The van der Waals surface area contributed by atoms with Crippen molar-refractivity contribution < 1.29 is 14.3 Å². The standard InChI is InChI=1S/C7H8O3/c1-9-5-7-4-6(8)2-3-10-7/h2-3,5H,4H2,1H3/b7-5+. The van der Waals surface area contributed by atoms with Gasteiger partial charge in [0.25, 0.3) is 0 Å². The van der Waals surface area contributed by atoms with E-state index in [0.29, 0.717) is 12.2 Å². The first-order valence-electron chi connectivity index (χ1n) is 2.91. The van der Waals surface area contributed by atoms with Gasteiger partial charge in [-0.2, -0.15) is 0 Å². The van der Waals surface area contributed by atoms with E-state index < -0.39 is 0 Å². The van der Waals surface area contributed by atoms with Crippen molar-refractivity contribution >= 4 is 5.78 Å². The maximum absolute atomic E-state index is 10.7. The highest BCUT2D eigenvalue weighted by Gasteiger charge is 2.08. The summed E-state index contributed by atoms with van der Waals surface area (Å²) in [6.07, 6.45) is 4.47. The first-order valence-corrected chi connectivity index (χ1v) is 2.91. The number of ketones is 1. The van der Waals surface area contributed by atoms with Crippen LogP contribution in [0.3, 0.4) is 0 Å². The number of hydrogen-bond donors (Lipinski definition) is 0. The predicted octanol–water partition coefficient (Wildman–Crippen LogP) is 0.977. The molecule has 0 aliphatic carbocycles. The van der Waals surface area contributed by atoms with Crippen molar-refractivity contribution in [2.75, 3.05) is 7.11 Å². The number of methoxy groups -OCH3 is 1. The highest BCUT2D eigenvalue weighted by atomic mass is 16.5. The Morgan fingerprint density at radius 2 is 2.60 bits per heavy atom. The monoisotopic (exact) mass is 140 g/mol. The molecule has 10 heavy (non-hydrogen) atoms. The molecule has 0 N–H and O–H groups in total. The second-order valence-corrected chi connectivity index (χ2v) is 1.88. The van der Waals surface area contributed by atoms with Crippen molar-refractivity contribution in [3.05, 3.63) is 24.4 Å². The zero-order valence-electron chi connectivity index (χ0n) is 5.66. The van der Waals surface area contributed by atoms with Crippen molar-refractivity contribution in [1.29, 1.82) is 0 Å². The molecule has 0 atom stereocenters. The molecule has 54 valence electrons. The van der Waals surface area contributed by atoms with Gasteiger partial charge in [0.1, 0.15) is 12.0 Å². The third-order valence-corrected chi connectivity index (χ3v) is 1.07. The van der Waals surface area contributed by atoms with E-state index in [1.165, 1.54) is 25.7 Å². The minimum atomic E-state index is 0.0366. The SMILES string of the molecule is CO/C=C1\CC(=O)C=CO1. The number of rotatable bonds is 1. The molecular weight excluding hydrogens is 132 g/mol. The third kappa shape index (κ3) is 1.62. The van der Waals surface area contributed by atoms with Gasteiger partial charge in [0.05, 0.1) is 19.8 Å². The summed E-state index contributed by atoms with van der Waals surface area (Å²) in [4.78, 5) is 10.7. The van der Waals surface area contributed by atoms with E-state index in [2.05, 4.69) is 4.74 Å². The molecule has 0 bridgehead atoms. The van der Waals surface area contributed by atoms with Gasteiger partial charge in [-0.05, 0) is 0 Å². The van der Waals surface area contributed by atoms with Crippen LogP contribution in [0.5, 0.6) is 0 Å². The van der Waals surface area contributed by atoms with Crippen molar-refractivity contribution in [2.24, 2.45) is 0 Å². The van der Waals surface area contributed by atoms with E-state index in [4.69, 9.17) is 4.74 Å². The van der Waals surface area contributed by atoms with Gasteiger partial charge in [0, 0.05) is 6.08 Å². The van der Waals surface area contributed by atoms with Gasteiger partial charge in [-0.1, -0.05) is 0 Å². The normalized spacial score (nSPS) is 20.9. The summed E-state index contributed by atoms with van der Waals surface area (Å²) in [5, 5.41) is 0. The van der Waals surface area contributed by atoms with E-state index in [1.807, 2.05) is 0 Å². The largest absolute Gasteiger partial charge is 0.501 e. The third-order valence-electron chi connectivity index (χ3n) is 1.07. The van der Waals surface area contributed by atoms with Crippen molar-refractivity contribution in [2.45, 2.75) is 6.42 Å². The Bertz CT molecular complexity index is 191. The summed E-state index contributed by atoms with van der Waals surface area (Å²) in [6.45, 7) is 0. The Morgan fingerprint density at radius 1 is 1.80 bits per heavy atom. The lowest BCUT2D eigenvalue weighted by Gasteiger charge is -2.07. The lowest BCUT2D eigenvalue weighted by molar-refractivity contribution is -0.115. The molecule has 1 rings (SSSR count). The van der Waals surface area contributed by atoms with Crippen LogP contribution in [-0.2, 0) is 14.3 Å². The Balaban J connectivity index is 2.60. The summed E-state index contributed by atoms with van der Waals surface area (Å²) in [5.74, 6) is 0.588. The molecule has 0 spiro atoms. The Kier molecular flexibility index (Phi) is 2.10. The van der Waals surface area contributed by atoms with Gasteiger partial charge in [-0.25, -0.2) is 0 Å². The zero-order chi connectivity index (χ0) is 7.40. The van der Waals surface area contributed by atoms with Gasteiger partial charge < -0.3 is 9.47 Å². The second-order valence-electron chi connectivity index (χ2n) is 1.88. The number of hydrogen-bond acceptors (Lipinski definition) is 3. The fraction of sp³-hybridized carbons (Fsp3) is 0.286. The van der Waals surface area contributed by atoms with E-state index in [0.717, 1.165) is 0 Å². The molecular formula is C7H8O3. The van der Waals surface area contributed by atoms with Crippen LogP contribution in [0.1, 0.15) is 6.42 Å². The van der Waals surface area contributed by atoms with Crippen LogP contribution in [0.15, 0.2) is 24.4 Å². The number of ether oxygens (including phenoxy) is 2. The summed E-state index contributed by atoms with van der Waals surface area (Å²) in [6, 6.07) is 0. The quantitative estimate of drug-likeness (QED) is 0.509. The van der Waals surface area contributed by atoms with Gasteiger partial charge in [0.15, 0.2) is 5.78 Å². The average molecular weight is 140 g/mol. The highest BCUT2D eigenvalue weighted by Crippen LogP contribution is 2.10. The van der Waals surface area contributed by atoms with Crippen molar-refractivity contribution in [3.8, 4) is 0 Å². The zero-order valence-corrected chi connectivity index (χ0v) is 5.66. The Labute approximate surface area is 58.9 Å². The van der Waals surface area contributed by atoms with Crippen LogP contribution in [0.4, 0.5) is 0 Å². The molecule has 0 aromatic heterocycles. The Hall–Kier alpha value is -1.25. The molecule has 1 aliphatic rings. The molecule has 0 aromatic rings. The summed E-state index contributed by atoms with van der Waals surface area (Å²) in [7, 11) is 1.51. The van der Waals surface area contributed by atoms with Crippen LogP contribution in [0.2, 0.25) is 0 Å². The molecule has 0 radical (unpaired) electrons. The summed E-state index contributed by atoms with van der Waals surface area (Å²) >= 11 is 0. The molecule has 3 nitrogen and oxygen atoms in total. The van der Waals surface area contributed by atoms with Crippen LogP contribution in [0.25, 0.3) is 0 Å². The lowest BCUT2D eigenvalue weighted by atomic mass is 10.2. The van der Waals surface area contributed by atoms with Gasteiger partial charge >= 0.3 is 0 Å². The number of allylic oxidation sites excluding steroid dienone is 2. The van der Waals surface area contributed by atoms with Crippen molar-refractivity contribution in [1.82, 2.24) is 0 Å². The lowest BCUT2D eigenvalue weighted by Crippen LogP contribution is -2.02. The van der Waals surface area contributed by atoms with Gasteiger partial charge in [-0.15, -0.1) is 0 Å².